The van der Waals surface area contributed by atoms with Gasteiger partial charge < -0.3 is 15.0 Å². The molecule has 0 unspecified atom stereocenters. The van der Waals surface area contributed by atoms with Crippen LogP contribution >= 0.6 is 0 Å². The van der Waals surface area contributed by atoms with Crippen LogP contribution in [-0.2, 0) is 4.74 Å². The zero-order valence-corrected chi connectivity index (χ0v) is 13.3. The first-order valence-corrected chi connectivity index (χ1v) is 7.51. The van der Waals surface area contributed by atoms with Crippen molar-refractivity contribution < 1.29 is 4.74 Å². The molecular formula is C16H21N5O. The van der Waals surface area contributed by atoms with E-state index in [4.69, 9.17) is 4.74 Å². The van der Waals surface area contributed by atoms with Gasteiger partial charge in [0, 0.05) is 18.8 Å². The predicted octanol–water partition coefficient (Wildman–Crippen LogP) is 2.38. The van der Waals surface area contributed by atoms with E-state index in [2.05, 4.69) is 58.3 Å². The lowest BCUT2D eigenvalue weighted by atomic mass is 10.1. The van der Waals surface area contributed by atoms with Gasteiger partial charge in [-0.2, -0.15) is 10.1 Å². The highest BCUT2D eigenvalue weighted by Crippen LogP contribution is 2.24. The summed E-state index contributed by atoms with van der Waals surface area (Å²) in [5.74, 6) is 1.36. The van der Waals surface area contributed by atoms with E-state index in [1.165, 1.54) is 16.7 Å². The quantitative estimate of drug-likeness (QED) is 0.939. The molecular weight excluding hydrogens is 278 g/mol. The second-order valence-electron chi connectivity index (χ2n) is 5.64. The maximum Gasteiger partial charge on any atom is 0.249 e. The zero-order valence-electron chi connectivity index (χ0n) is 13.3. The minimum atomic E-state index is 0.527. The van der Waals surface area contributed by atoms with Crippen LogP contribution in [0.15, 0.2) is 18.3 Å². The normalized spacial score (nSPS) is 15.0. The number of hydrogen-bond donors (Lipinski definition) is 1. The van der Waals surface area contributed by atoms with Gasteiger partial charge in [-0.05, 0) is 31.9 Å². The number of nitrogens with zero attached hydrogens (tertiary/aromatic N) is 4. The van der Waals surface area contributed by atoms with Crippen molar-refractivity contribution in [2.75, 3.05) is 36.5 Å². The first-order chi connectivity index (χ1) is 10.6. The predicted molar refractivity (Wildman–Crippen MR) is 86.8 cm³/mol. The first-order valence-electron chi connectivity index (χ1n) is 7.51. The Hall–Kier alpha value is -2.21. The number of aromatic nitrogens is 3. The molecule has 0 atom stereocenters. The largest absolute Gasteiger partial charge is 0.378 e. The minimum Gasteiger partial charge on any atom is -0.378 e. The highest BCUT2D eigenvalue weighted by atomic mass is 16.5. The number of ether oxygens (including phenoxy) is 1. The van der Waals surface area contributed by atoms with Gasteiger partial charge in [-0.1, -0.05) is 17.7 Å². The van der Waals surface area contributed by atoms with Gasteiger partial charge in [0.15, 0.2) is 5.82 Å². The lowest BCUT2D eigenvalue weighted by Gasteiger charge is -2.27. The topological polar surface area (TPSA) is 63.2 Å². The van der Waals surface area contributed by atoms with E-state index in [1.807, 2.05) is 0 Å². The summed E-state index contributed by atoms with van der Waals surface area (Å²) >= 11 is 0. The number of benzene rings is 1. The third-order valence-corrected chi connectivity index (χ3v) is 3.80. The fourth-order valence-corrected chi connectivity index (χ4v) is 2.78. The van der Waals surface area contributed by atoms with E-state index in [0.29, 0.717) is 5.95 Å². The summed E-state index contributed by atoms with van der Waals surface area (Å²) < 4.78 is 5.37. The van der Waals surface area contributed by atoms with Crippen molar-refractivity contribution in [3.63, 3.8) is 0 Å². The van der Waals surface area contributed by atoms with Gasteiger partial charge in [-0.15, -0.1) is 5.10 Å². The SMILES string of the molecule is Cc1cc(C)c(Nc2nncc(N3CCOCC3)n2)c(C)c1. The lowest BCUT2D eigenvalue weighted by molar-refractivity contribution is 0.122. The molecule has 1 N–H and O–H groups in total. The van der Waals surface area contributed by atoms with Crippen molar-refractivity contribution in [3.05, 3.63) is 35.0 Å². The number of hydrogen-bond acceptors (Lipinski definition) is 6. The fourth-order valence-electron chi connectivity index (χ4n) is 2.78. The molecule has 1 aromatic heterocycles. The van der Waals surface area contributed by atoms with Crippen LogP contribution in [0, 0.1) is 20.8 Å². The molecule has 0 amide bonds. The smallest absolute Gasteiger partial charge is 0.249 e. The van der Waals surface area contributed by atoms with Crippen molar-refractivity contribution in [2.24, 2.45) is 0 Å². The Morgan fingerprint density at radius 2 is 1.77 bits per heavy atom. The molecule has 1 aromatic carbocycles. The Morgan fingerprint density at radius 3 is 2.45 bits per heavy atom. The molecule has 1 aliphatic heterocycles. The highest BCUT2D eigenvalue weighted by molar-refractivity contribution is 5.64. The number of rotatable bonds is 3. The van der Waals surface area contributed by atoms with Crippen LogP contribution in [0.2, 0.25) is 0 Å². The molecule has 6 nitrogen and oxygen atoms in total. The summed E-state index contributed by atoms with van der Waals surface area (Å²) in [4.78, 5) is 6.75. The molecule has 0 bridgehead atoms. The average Bonchev–Trinajstić information content (AvgIpc) is 2.52. The number of nitrogens with one attached hydrogen (secondary N) is 1. The van der Waals surface area contributed by atoms with Crippen molar-refractivity contribution in [3.8, 4) is 0 Å². The molecule has 3 rings (SSSR count). The van der Waals surface area contributed by atoms with Crippen molar-refractivity contribution >= 4 is 17.5 Å². The fraction of sp³-hybridized carbons (Fsp3) is 0.438. The number of morpholine rings is 1. The third kappa shape index (κ3) is 3.17. The second kappa shape index (κ2) is 6.27. The Bertz CT molecular complexity index is 644. The van der Waals surface area contributed by atoms with Crippen LogP contribution in [0.3, 0.4) is 0 Å². The van der Waals surface area contributed by atoms with E-state index < -0.39 is 0 Å². The van der Waals surface area contributed by atoms with Gasteiger partial charge >= 0.3 is 0 Å². The number of aryl methyl sites for hydroxylation is 3. The Labute approximate surface area is 130 Å². The molecule has 2 aromatic rings. The van der Waals surface area contributed by atoms with Gasteiger partial charge in [-0.25, -0.2) is 0 Å². The van der Waals surface area contributed by atoms with Crippen LogP contribution < -0.4 is 10.2 Å². The van der Waals surface area contributed by atoms with Gasteiger partial charge in [0.05, 0.1) is 19.4 Å². The van der Waals surface area contributed by atoms with Crippen LogP contribution in [0.5, 0.6) is 0 Å². The average molecular weight is 299 g/mol. The maximum atomic E-state index is 5.37. The van der Waals surface area contributed by atoms with Crippen molar-refractivity contribution in [1.29, 1.82) is 0 Å². The summed E-state index contributed by atoms with van der Waals surface area (Å²) in [5, 5.41) is 11.5. The van der Waals surface area contributed by atoms with Gasteiger partial charge in [0.25, 0.3) is 0 Å². The summed E-state index contributed by atoms with van der Waals surface area (Å²) in [5.41, 5.74) is 4.66. The minimum absolute atomic E-state index is 0.527. The molecule has 6 heteroatoms. The summed E-state index contributed by atoms with van der Waals surface area (Å²) in [6.07, 6.45) is 1.70. The Balaban J connectivity index is 1.84. The van der Waals surface area contributed by atoms with E-state index in [-0.39, 0.29) is 0 Å². The standard InChI is InChI=1S/C16H21N5O/c1-11-8-12(2)15(13(3)9-11)19-16-18-14(10-17-20-16)21-4-6-22-7-5-21/h8-10H,4-7H2,1-3H3,(H,18,19,20). The second-order valence-corrected chi connectivity index (χ2v) is 5.64. The molecule has 0 spiro atoms. The molecule has 0 saturated carbocycles. The van der Waals surface area contributed by atoms with E-state index >= 15 is 0 Å². The van der Waals surface area contributed by atoms with E-state index in [1.54, 1.807) is 6.20 Å². The maximum absolute atomic E-state index is 5.37. The van der Waals surface area contributed by atoms with Gasteiger partial charge in [0.2, 0.25) is 5.95 Å². The molecule has 1 saturated heterocycles. The van der Waals surface area contributed by atoms with Gasteiger partial charge in [0.1, 0.15) is 0 Å². The Kier molecular flexibility index (Phi) is 4.20. The lowest BCUT2D eigenvalue weighted by Crippen LogP contribution is -2.37. The molecule has 0 aliphatic carbocycles. The monoisotopic (exact) mass is 299 g/mol. The summed E-state index contributed by atoms with van der Waals surface area (Å²) in [6.45, 7) is 9.39. The highest BCUT2D eigenvalue weighted by Gasteiger charge is 2.14. The first kappa shape index (κ1) is 14.7. The van der Waals surface area contributed by atoms with Crippen LogP contribution in [-0.4, -0.2) is 41.5 Å². The van der Waals surface area contributed by atoms with E-state index in [0.717, 1.165) is 37.8 Å². The molecule has 22 heavy (non-hydrogen) atoms. The Morgan fingerprint density at radius 1 is 1.09 bits per heavy atom. The van der Waals surface area contributed by atoms with Gasteiger partial charge in [-0.3, -0.25) is 0 Å². The number of anilines is 3. The molecule has 0 radical (unpaired) electrons. The summed E-state index contributed by atoms with van der Waals surface area (Å²) in [6, 6.07) is 4.29. The molecule has 1 fully saturated rings. The van der Waals surface area contributed by atoms with Crippen LogP contribution in [0.4, 0.5) is 17.5 Å². The molecule has 116 valence electrons. The van der Waals surface area contributed by atoms with E-state index in [9.17, 15) is 0 Å². The summed E-state index contributed by atoms with van der Waals surface area (Å²) in [7, 11) is 0. The molecule has 2 heterocycles. The van der Waals surface area contributed by atoms with Crippen LogP contribution in [0.25, 0.3) is 0 Å². The van der Waals surface area contributed by atoms with Crippen molar-refractivity contribution in [1.82, 2.24) is 15.2 Å². The van der Waals surface area contributed by atoms with Crippen molar-refractivity contribution in [2.45, 2.75) is 20.8 Å². The third-order valence-electron chi connectivity index (χ3n) is 3.80. The molecule has 1 aliphatic rings. The zero-order chi connectivity index (χ0) is 15.5. The van der Waals surface area contributed by atoms with Crippen LogP contribution in [0.1, 0.15) is 16.7 Å².